The maximum atomic E-state index is 10.5. The number of nitrogens with one attached hydrogen (secondary N) is 1. The van der Waals surface area contributed by atoms with E-state index in [0.717, 1.165) is 6.08 Å². The second-order valence-corrected chi connectivity index (χ2v) is 1.67. The van der Waals surface area contributed by atoms with Crippen LogP contribution in [-0.4, -0.2) is 30.3 Å². The summed E-state index contributed by atoms with van der Waals surface area (Å²) in [5.74, 6) is -1.83. The maximum absolute atomic E-state index is 10.5. The van der Waals surface area contributed by atoms with Gasteiger partial charge in [0.25, 0.3) is 0 Å². The van der Waals surface area contributed by atoms with Crippen LogP contribution in [0.4, 0.5) is 0 Å². The van der Waals surface area contributed by atoms with E-state index in [1.165, 1.54) is 7.11 Å². The lowest BCUT2D eigenvalue weighted by atomic mass is 10.5. The van der Waals surface area contributed by atoms with Crippen molar-refractivity contribution >= 4 is 11.9 Å². The second-order valence-electron chi connectivity index (χ2n) is 1.67. The molecule has 5 nitrogen and oxygen atoms in total. The Bertz CT molecular complexity index is 177. The van der Waals surface area contributed by atoms with Gasteiger partial charge in [-0.3, -0.25) is 4.79 Å². The van der Waals surface area contributed by atoms with Gasteiger partial charge in [0.15, 0.2) is 0 Å². The normalized spacial score (nSPS) is 11.7. The Kier molecular flexibility index (Phi) is 3.90. The number of amides is 1. The monoisotopic (exact) mass is 159 g/mol. The lowest BCUT2D eigenvalue weighted by Crippen LogP contribution is -2.41. The highest BCUT2D eigenvalue weighted by atomic mass is 16.5. The fourth-order valence-electron chi connectivity index (χ4n) is 0.410. The van der Waals surface area contributed by atoms with Crippen LogP contribution in [0.25, 0.3) is 0 Å². The predicted octanol–water partition coefficient (Wildman–Crippen LogP) is -0.654. The minimum absolute atomic E-state index is 0.584. The molecule has 0 heterocycles. The Morgan fingerprint density at radius 1 is 1.73 bits per heavy atom. The molecule has 0 saturated carbocycles. The van der Waals surface area contributed by atoms with E-state index in [4.69, 9.17) is 5.11 Å². The summed E-state index contributed by atoms with van der Waals surface area (Å²) in [6.45, 7) is 3.15. The Labute approximate surface area is 63.7 Å². The van der Waals surface area contributed by atoms with Crippen LogP contribution < -0.4 is 5.32 Å². The molecule has 11 heavy (non-hydrogen) atoms. The van der Waals surface area contributed by atoms with Crippen molar-refractivity contribution in [2.24, 2.45) is 0 Å². The maximum Gasteiger partial charge on any atom is 0.354 e. The van der Waals surface area contributed by atoms with Crippen LogP contribution in [0.1, 0.15) is 0 Å². The number of rotatable bonds is 4. The van der Waals surface area contributed by atoms with Crippen molar-refractivity contribution in [1.82, 2.24) is 5.32 Å². The second kappa shape index (κ2) is 4.45. The standard InChI is InChI=1S/C6H9NO4/c1-3-4(8)7-5(11-2)6(9)10/h3,5H,1H2,2H3,(H,7,8)(H,9,10). The summed E-state index contributed by atoms with van der Waals surface area (Å²) in [6, 6.07) is 0. The molecule has 62 valence electrons. The molecule has 0 fully saturated rings. The molecule has 0 saturated heterocycles. The Morgan fingerprint density at radius 2 is 2.27 bits per heavy atom. The number of hydrogen-bond donors (Lipinski definition) is 2. The molecule has 0 radical (unpaired) electrons. The van der Waals surface area contributed by atoms with Gasteiger partial charge in [-0.1, -0.05) is 6.58 Å². The predicted molar refractivity (Wildman–Crippen MR) is 36.8 cm³/mol. The summed E-state index contributed by atoms with van der Waals surface area (Å²) in [7, 11) is 1.18. The highest BCUT2D eigenvalue weighted by Gasteiger charge is 2.16. The number of ether oxygens (including phenoxy) is 1. The molecule has 0 spiro atoms. The molecule has 0 bridgehead atoms. The number of methoxy groups -OCH3 is 1. The van der Waals surface area contributed by atoms with E-state index >= 15 is 0 Å². The van der Waals surface area contributed by atoms with Gasteiger partial charge >= 0.3 is 5.97 Å². The molecule has 0 aromatic carbocycles. The first kappa shape index (κ1) is 9.64. The minimum atomic E-state index is -1.31. The van der Waals surface area contributed by atoms with Crippen LogP contribution >= 0.6 is 0 Å². The van der Waals surface area contributed by atoms with Crippen LogP contribution in [0.2, 0.25) is 0 Å². The van der Waals surface area contributed by atoms with E-state index in [9.17, 15) is 9.59 Å². The van der Waals surface area contributed by atoms with Gasteiger partial charge in [-0.05, 0) is 6.08 Å². The minimum Gasteiger partial charge on any atom is -0.478 e. The Morgan fingerprint density at radius 3 is 2.55 bits per heavy atom. The number of carboxylic acids is 1. The van der Waals surface area contributed by atoms with E-state index in [1.807, 2.05) is 5.32 Å². The summed E-state index contributed by atoms with van der Waals surface area (Å²) in [6.07, 6.45) is -0.338. The molecule has 0 aliphatic carbocycles. The molecular weight excluding hydrogens is 150 g/mol. The number of hydrogen-bond acceptors (Lipinski definition) is 3. The highest BCUT2D eigenvalue weighted by Crippen LogP contribution is 1.84. The smallest absolute Gasteiger partial charge is 0.354 e. The van der Waals surface area contributed by atoms with Gasteiger partial charge in [-0.2, -0.15) is 0 Å². The van der Waals surface area contributed by atoms with Crippen LogP contribution in [0.5, 0.6) is 0 Å². The topological polar surface area (TPSA) is 75.6 Å². The zero-order valence-electron chi connectivity index (χ0n) is 6.03. The van der Waals surface area contributed by atoms with Gasteiger partial charge in [0.1, 0.15) is 0 Å². The lowest BCUT2D eigenvalue weighted by molar-refractivity contribution is -0.152. The van der Waals surface area contributed by atoms with Crippen molar-refractivity contribution in [3.63, 3.8) is 0 Å². The first-order chi connectivity index (χ1) is 5.11. The van der Waals surface area contributed by atoms with Crippen molar-refractivity contribution in [1.29, 1.82) is 0 Å². The first-order valence-electron chi connectivity index (χ1n) is 2.80. The van der Waals surface area contributed by atoms with Crippen molar-refractivity contribution in [2.75, 3.05) is 7.11 Å². The van der Waals surface area contributed by atoms with Gasteiger partial charge in [0.05, 0.1) is 0 Å². The van der Waals surface area contributed by atoms with Gasteiger partial charge in [-0.15, -0.1) is 0 Å². The average molecular weight is 159 g/mol. The van der Waals surface area contributed by atoms with Crippen LogP contribution in [0.3, 0.4) is 0 Å². The SMILES string of the molecule is C=CC(=O)NC(OC)C(=O)O. The molecule has 1 amide bonds. The van der Waals surface area contributed by atoms with E-state index in [2.05, 4.69) is 11.3 Å². The van der Waals surface area contributed by atoms with Gasteiger partial charge in [-0.25, -0.2) is 4.79 Å². The Balaban J connectivity index is 3.97. The molecule has 0 aliphatic heterocycles. The van der Waals surface area contributed by atoms with Gasteiger partial charge in [0, 0.05) is 7.11 Å². The summed E-state index contributed by atoms with van der Waals surface area (Å²) < 4.78 is 4.40. The largest absolute Gasteiger partial charge is 0.478 e. The fourth-order valence-corrected chi connectivity index (χ4v) is 0.410. The zero-order chi connectivity index (χ0) is 8.85. The number of carboxylic acid groups (broad SMARTS) is 1. The Hall–Kier alpha value is -1.36. The van der Waals surface area contributed by atoms with E-state index in [1.54, 1.807) is 0 Å². The molecule has 0 aromatic heterocycles. The molecule has 1 unspecified atom stereocenters. The summed E-state index contributed by atoms with van der Waals surface area (Å²) in [5, 5.41) is 10.4. The first-order valence-corrected chi connectivity index (χ1v) is 2.80. The van der Waals surface area contributed by atoms with E-state index in [-0.39, 0.29) is 0 Å². The summed E-state index contributed by atoms with van der Waals surface area (Å²) >= 11 is 0. The molecule has 0 rings (SSSR count). The van der Waals surface area contributed by atoms with Crippen LogP contribution in [0.15, 0.2) is 12.7 Å². The lowest BCUT2D eigenvalue weighted by Gasteiger charge is -2.09. The summed E-state index contributed by atoms with van der Waals surface area (Å²) in [5.41, 5.74) is 0. The molecule has 5 heteroatoms. The zero-order valence-corrected chi connectivity index (χ0v) is 6.03. The molecule has 2 N–H and O–H groups in total. The third kappa shape index (κ3) is 3.36. The quantitative estimate of drug-likeness (QED) is 0.422. The highest BCUT2D eigenvalue weighted by molar-refractivity contribution is 5.90. The molecule has 0 aliphatic rings. The van der Waals surface area contributed by atoms with Gasteiger partial charge < -0.3 is 15.2 Å². The third-order valence-corrected chi connectivity index (χ3v) is 0.919. The number of carbonyl (C=O) groups excluding carboxylic acids is 1. The number of aliphatic carboxylic acids is 1. The van der Waals surface area contributed by atoms with Crippen LogP contribution in [-0.2, 0) is 14.3 Å². The third-order valence-electron chi connectivity index (χ3n) is 0.919. The van der Waals surface area contributed by atoms with Crippen molar-refractivity contribution in [3.8, 4) is 0 Å². The molecule has 0 aromatic rings. The van der Waals surface area contributed by atoms with E-state index < -0.39 is 18.1 Å². The van der Waals surface area contributed by atoms with Crippen molar-refractivity contribution in [3.05, 3.63) is 12.7 Å². The van der Waals surface area contributed by atoms with Crippen molar-refractivity contribution < 1.29 is 19.4 Å². The fraction of sp³-hybridized carbons (Fsp3) is 0.333. The average Bonchev–Trinajstić information content (AvgIpc) is 1.99. The molecular formula is C6H9NO4. The molecule has 1 atom stereocenters. The summed E-state index contributed by atoms with van der Waals surface area (Å²) in [4.78, 5) is 20.7. The van der Waals surface area contributed by atoms with Crippen LogP contribution in [0, 0.1) is 0 Å². The van der Waals surface area contributed by atoms with Crippen molar-refractivity contribution in [2.45, 2.75) is 6.23 Å². The number of carbonyl (C=O) groups is 2. The van der Waals surface area contributed by atoms with Gasteiger partial charge in [0.2, 0.25) is 12.1 Å². The van der Waals surface area contributed by atoms with E-state index in [0.29, 0.717) is 0 Å².